The molecule has 0 amide bonds. The third-order valence-corrected chi connectivity index (χ3v) is 8.85. The lowest BCUT2D eigenvalue weighted by Gasteiger charge is -2.28. The number of nitrogens with zero attached hydrogens (tertiary/aromatic N) is 4. The van der Waals surface area contributed by atoms with Gasteiger partial charge in [0.15, 0.2) is 0 Å². The number of pyridine rings is 1. The van der Waals surface area contributed by atoms with Gasteiger partial charge >= 0.3 is 0 Å². The van der Waals surface area contributed by atoms with E-state index in [-0.39, 0.29) is 11.5 Å². The van der Waals surface area contributed by atoms with Crippen LogP contribution in [0.4, 0.5) is 5.82 Å². The summed E-state index contributed by atoms with van der Waals surface area (Å²) in [6, 6.07) is 9.90. The van der Waals surface area contributed by atoms with Crippen molar-refractivity contribution in [1.29, 1.82) is 0 Å². The molecule has 2 saturated carbocycles. The number of hydrogen-bond donors (Lipinski definition) is 3. The van der Waals surface area contributed by atoms with Gasteiger partial charge in [-0.2, -0.15) is 0 Å². The van der Waals surface area contributed by atoms with Gasteiger partial charge in [0.2, 0.25) is 0 Å². The number of aliphatic hydroxyl groups excluding tert-OH is 2. The molecule has 170 valence electrons. The van der Waals surface area contributed by atoms with Crippen molar-refractivity contribution in [2.24, 2.45) is 5.41 Å². The molecule has 2 aliphatic rings. The summed E-state index contributed by atoms with van der Waals surface area (Å²) in [6.45, 7) is 0. The molecule has 33 heavy (non-hydrogen) atoms. The topological polar surface area (TPSA) is 110 Å². The van der Waals surface area contributed by atoms with Gasteiger partial charge in [-0.1, -0.05) is 23.7 Å². The first-order valence-electron chi connectivity index (χ1n) is 11.1. The van der Waals surface area contributed by atoms with Gasteiger partial charge in [0.25, 0.3) is 0 Å². The highest BCUT2D eigenvalue weighted by Gasteiger charge is 2.56. The molecule has 2 fully saturated rings. The first-order valence-corrected chi connectivity index (χ1v) is 12.2. The average molecular weight is 529 g/mol. The molecule has 2 aliphatic carbocycles. The molecule has 1 spiro atoms. The summed E-state index contributed by atoms with van der Waals surface area (Å²) in [5.74, 6) is 0.707. The van der Waals surface area contributed by atoms with Crippen molar-refractivity contribution in [1.82, 2.24) is 19.5 Å². The summed E-state index contributed by atoms with van der Waals surface area (Å²) in [7, 11) is 0. The Balaban J connectivity index is 1.30. The zero-order valence-corrected chi connectivity index (χ0v) is 20.0. The third kappa shape index (κ3) is 3.26. The Morgan fingerprint density at radius 2 is 2.00 bits per heavy atom. The molecule has 0 radical (unpaired) electrons. The van der Waals surface area contributed by atoms with Gasteiger partial charge in [0.05, 0.1) is 27.5 Å². The standard InChI is InChI=1S/C24H23BrClN5O2/c25-16-7-13-2-1-12(8-17(13)30-21(16)26)14-3-5-24(9-14)10-18(19(32)20(24)33)31-6-4-15-22(27)28-11-29-23(15)31/h1-2,4,6-8,11,14,18-20,32-33H,3,5,9-10H2,(H2,27,28,29)/t14-,18+,19-,20-,24-/m0/s1. The van der Waals surface area contributed by atoms with Crippen LogP contribution >= 0.6 is 27.5 Å². The number of fused-ring (bicyclic) bond motifs is 2. The monoisotopic (exact) mass is 527 g/mol. The van der Waals surface area contributed by atoms with Gasteiger partial charge in [0, 0.05) is 17.0 Å². The minimum absolute atomic E-state index is 0.264. The predicted molar refractivity (Wildman–Crippen MR) is 131 cm³/mol. The molecule has 9 heteroatoms. The fourth-order valence-electron chi connectivity index (χ4n) is 6.04. The summed E-state index contributed by atoms with van der Waals surface area (Å²) in [5.41, 5.74) is 8.40. The van der Waals surface area contributed by atoms with E-state index in [1.54, 1.807) is 0 Å². The third-order valence-electron chi connectivity index (χ3n) is 7.73. The summed E-state index contributed by atoms with van der Waals surface area (Å²) >= 11 is 9.64. The number of nitrogen functional groups attached to an aromatic ring is 1. The molecular formula is C24H23BrClN5O2. The minimum Gasteiger partial charge on any atom is -0.390 e. The number of aliphatic hydroxyl groups is 2. The van der Waals surface area contributed by atoms with E-state index in [1.165, 1.54) is 11.9 Å². The Morgan fingerprint density at radius 3 is 2.85 bits per heavy atom. The van der Waals surface area contributed by atoms with E-state index >= 15 is 0 Å². The first kappa shape index (κ1) is 21.3. The lowest BCUT2D eigenvalue weighted by Crippen LogP contribution is -2.35. The molecule has 7 nitrogen and oxygen atoms in total. The van der Waals surface area contributed by atoms with Gasteiger partial charge in [-0.15, -0.1) is 0 Å². The number of halogens is 2. The van der Waals surface area contributed by atoms with Gasteiger partial charge in [0.1, 0.15) is 29.0 Å². The maximum Gasteiger partial charge on any atom is 0.145 e. The van der Waals surface area contributed by atoms with Crippen LogP contribution in [0.15, 0.2) is 47.3 Å². The van der Waals surface area contributed by atoms with E-state index in [9.17, 15) is 10.2 Å². The molecule has 0 unspecified atom stereocenters. The summed E-state index contributed by atoms with van der Waals surface area (Å²) in [4.78, 5) is 12.9. The number of benzene rings is 1. The highest BCUT2D eigenvalue weighted by molar-refractivity contribution is 9.10. The second-order valence-corrected chi connectivity index (χ2v) is 10.7. The van der Waals surface area contributed by atoms with Crippen molar-refractivity contribution in [2.45, 2.75) is 49.9 Å². The van der Waals surface area contributed by atoms with Gasteiger partial charge in [-0.3, -0.25) is 0 Å². The maximum atomic E-state index is 11.2. The highest BCUT2D eigenvalue weighted by Crippen LogP contribution is 2.58. The van der Waals surface area contributed by atoms with E-state index in [0.717, 1.165) is 40.0 Å². The molecule has 3 heterocycles. The van der Waals surface area contributed by atoms with Crippen LogP contribution in [0.1, 0.15) is 43.2 Å². The van der Waals surface area contributed by atoms with Crippen LogP contribution in [-0.2, 0) is 0 Å². The SMILES string of the molecule is Nc1ncnc2c1ccn2[C@@H]1C[C@@]2(CC[C@H](c3ccc4cc(Br)c(Cl)nc4c3)C2)[C@@H](O)[C@H]1O. The second kappa shape index (κ2) is 7.63. The van der Waals surface area contributed by atoms with Crippen LogP contribution in [0, 0.1) is 5.41 Å². The highest BCUT2D eigenvalue weighted by atomic mass is 79.9. The number of anilines is 1. The van der Waals surface area contributed by atoms with Crippen molar-refractivity contribution in [3.63, 3.8) is 0 Å². The lowest BCUT2D eigenvalue weighted by molar-refractivity contribution is -0.0260. The minimum atomic E-state index is -0.870. The number of rotatable bonds is 2. The molecule has 5 atom stereocenters. The zero-order chi connectivity index (χ0) is 22.9. The fraction of sp³-hybridized carbons (Fsp3) is 0.375. The molecule has 3 aromatic heterocycles. The van der Waals surface area contributed by atoms with Crippen molar-refractivity contribution >= 4 is 55.3 Å². The fourth-order valence-corrected chi connectivity index (χ4v) is 6.52. The van der Waals surface area contributed by atoms with Crippen molar-refractivity contribution < 1.29 is 10.2 Å². The number of nitrogens with two attached hydrogens (primary N) is 1. The van der Waals surface area contributed by atoms with Crippen LogP contribution in [0.5, 0.6) is 0 Å². The Labute approximate surface area is 203 Å². The van der Waals surface area contributed by atoms with Crippen LogP contribution in [-0.4, -0.2) is 41.9 Å². The van der Waals surface area contributed by atoms with E-state index in [2.05, 4.69) is 49.1 Å². The Kier molecular flexibility index (Phi) is 4.92. The Morgan fingerprint density at radius 1 is 1.15 bits per heavy atom. The Bertz CT molecular complexity index is 1390. The van der Waals surface area contributed by atoms with E-state index in [0.29, 0.717) is 29.0 Å². The molecule has 4 aromatic rings. The first-order chi connectivity index (χ1) is 15.9. The predicted octanol–water partition coefficient (Wildman–Crippen LogP) is 4.60. The normalized spacial score (nSPS) is 29.6. The number of aromatic nitrogens is 4. The summed E-state index contributed by atoms with van der Waals surface area (Å²) < 4.78 is 2.73. The van der Waals surface area contributed by atoms with Gasteiger partial charge in [-0.05, 0) is 71.3 Å². The molecule has 0 saturated heterocycles. The zero-order valence-electron chi connectivity index (χ0n) is 17.7. The molecular weight excluding hydrogens is 506 g/mol. The van der Waals surface area contributed by atoms with E-state index in [1.807, 2.05) is 22.9 Å². The molecule has 1 aromatic carbocycles. The summed E-state index contributed by atoms with van der Waals surface area (Å²) in [6.07, 6.45) is 4.96. The van der Waals surface area contributed by atoms with Crippen molar-refractivity contribution in [2.75, 3.05) is 5.73 Å². The smallest absolute Gasteiger partial charge is 0.145 e. The van der Waals surface area contributed by atoms with Crippen LogP contribution in [0.25, 0.3) is 21.9 Å². The largest absolute Gasteiger partial charge is 0.390 e. The number of hydrogen-bond acceptors (Lipinski definition) is 6. The van der Waals surface area contributed by atoms with E-state index < -0.39 is 12.2 Å². The second-order valence-electron chi connectivity index (χ2n) is 9.44. The van der Waals surface area contributed by atoms with Gasteiger partial charge < -0.3 is 20.5 Å². The molecule has 6 rings (SSSR count). The molecule has 4 N–H and O–H groups in total. The van der Waals surface area contributed by atoms with Crippen molar-refractivity contribution in [3.8, 4) is 0 Å². The van der Waals surface area contributed by atoms with Crippen LogP contribution in [0.2, 0.25) is 5.15 Å². The van der Waals surface area contributed by atoms with Gasteiger partial charge in [-0.25, -0.2) is 15.0 Å². The lowest BCUT2D eigenvalue weighted by atomic mass is 9.80. The maximum absolute atomic E-state index is 11.2. The molecule has 0 bridgehead atoms. The van der Waals surface area contributed by atoms with Crippen LogP contribution in [0.3, 0.4) is 0 Å². The Hall–Kier alpha value is -2.26. The van der Waals surface area contributed by atoms with E-state index in [4.69, 9.17) is 17.3 Å². The summed E-state index contributed by atoms with van der Waals surface area (Å²) in [5, 5.41) is 24.5. The quantitative estimate of drug-likeness (QED) is 0.328. The average Bonchev–Trinajstić information content (AvgIpc) is 3.48. The van der Waals surface area contributed by atoms with Crippen molar-refractivity contribution in [3.05, 3.63) is 58.0 Å². The molecule has 0 aliphatic heterocycles. The van der Waals surface area contributed by atoms with Crippen LogP contribution < -0.4 is 5.73 Å².